The van der Waals surface area contributed by atoms with Crippen molar-refractivity contribution >= 4 is 29.4 Å². The van der Waals surface area contributed by atoms with E-state index in [-0.39, 0.29) is 11.2 Å². The average molecular weight is 315 g/mol. The topological polar surface area (TPSA) is 92.3 Å². The van der Waals surface area contributed by atoms with Crippen LogP contribution in [0.5, 0.6) is 0 Å². The molecular weight excluding hydrogens is 296 g/mol. The highest BCUT2D eigenvalue weighted by molar-refractivity contribution is 6.28. The average Bonchev–Trinajstić information content (AvgIpc) is 2.51. The van der Waals surface area contributed by atoms with Gasteiger partial charge in [-0.3, -0.25) is 4.79 Å². The molecular formula is C12H19ClN6O2. The quantitative estimate of drug-likeness (QED) is 0.807. The van der Waals surface area contributed by atoms with Crippen LogP contribution in [-0.4, -0.2) is 60.3 Å². The van der Waals surface area contributed by atoms with E-state index in [0.717, 1.165) is 13.0 Å². The van der Waals surface area contributed by atoms with Gasteiger partial charge < -0.3 is 20.3 Å². The third-order valence-corrected chi connectivity index (χ3v) is 3.23. The van der Waals surface area contributed by atoms with Crippen molar-refractivity contribution in [3.63, 3.8) is 0 Å². The van der Waals surface area contributed by atoms with Crippen LogP contribution in [0.2, 0.25) is 5.28 Å². The molecule has 1 aliphatic rings. The maximum absolute atomic E-state index is 11.9. The summed E-state index contributed by atoms with van der Waals surface area (Å²) in [5.41, 5.74) is 0. The number of hydrogen-bond acceptors (Lipinski definition) is 7. The summed E-state index contributed by atoms with van der Waals surface area (Å²) >= 11 is 5.95. The van der Waals surface area contributed by atoms with E-state index in [1.165, 1.54) is 0 Å². The third kappa shape index (κ3) is 3.92. The van der Waals surface area contributed by atoms with Gasteiger partial charge in [0.15, 0.2) is 0 Å². The minimum absolute atomic E-state index is 0.0979. The van der Waals surface area contributed by atoms with Gasteiger partial charge in [0.2, 0.25) is 23.1 Å². The van der Waals surface area contributed by atoms with Crippen molar-refractivity contribution in [3.05, 3.63) is 5.28 Å². The van der Waals surface area contributed by atoms with Gasteiger partial charge in [0.05, 0.1) is 13.2 Å². The standard InChI is InChI=1S/C12H19ClN6O2/c1-3-4-15-11-16-10(13)17-12(18-11)19-5-6-21-7-8(19)9(20)14-2/h8H,3-7H2,1-2H3,(H,14,20)(H,15,16,17,18). The predicted octanol–water partition coefficient (Wildman–Crippen LogP) is 0.298. The van der Waals surface area contributed by atoms with Crippen molar-refractivity contribution in [3.8, 4) is 0 Å². The number of hydrogen-bond donors (Lipinski definition) is 2. The first-order valence-corrected chi connectivity index (χ1v) is 7.25. The van der Waals surface area contributed by atoms with Gasteiger partial charge >= 0.3 is 0 Å². The van der Waals surface area contributed by atoms with Crippen LogP contribution < -0.4 is 15.5 Å². The van der Waals surface area contributed by atoms with E-state index in [4.69, 9.17) is 16.3 Å². The van der Waals surface area contributed by atoms with E-state index in [0.29, 0.717) is 31.7 Å². The molecule has 0 spiro atoms. The first-order chi connectivity index (χ1) is 10.2. The van der Waals surface area contributed by atoms with Crippen LogP contribution in [0.15, 0.2) is 0 Å². The maximum atomic E-state index is 11.9. The van der Waals surface area contributed by atoms with Crippen molar-refractivity contribution in [2.45, 2.75) is 19.4 Å². The fraction of sp³-hybridized carbons (Fsp3) is 0.667. The Bertz CT molecular complexity index is 501. The molecule has 8 nitrogen and oxygen atoms in total. The summed E-state index contributed by atoms with van der Waals surface area (Å²) in [7, 11) is 1.59. The van der Waals surface area contributed by atoms with E-state index in [1.54, 1.807) is 11.9 Å². The summed E-state index contributed by atoms with van der Waals surface area (Å²) in [4.78, 5) is 26.2. The summed E-state index contributed by atoms with van der Waals surface area (Å²) in [6, 6.07) is -0.471. The second-order valence-electron chi connectivity index (χ2n) is 4.55. The van der Waals surface area contributed by atoms with E-state index in [1.807, 2.05) is 6.92 Å². The van der Waals surface area contributed by atoms with Gasteiger partial charge in [-0.05, 0) is 18.0 Å². The Hall–Kier alpha value is -1.67. The number of morpholine rings is 1. The molecule has 0 bridgehead atoms. The zero-order valence-electron chi connectivity index (χ0n) is 12.1. The molecule has 2 N–H and O–H groups in total. The Kier molecular flexibility index (Phi) is 5.51. The summed E-state index contributed by atoms with van der Waals surface area (Å²) in [6.45, 7) is 4.10. The Morgan fingerprint density at radius 1 is 1.48 bits per heavy atom. The SMILES string of the molecule is CCCNc1nc(Cl)nc(N2CCOCC2C(=O)NC)n1. The number of amides is 1. The fourth-order valence-corrected chi connectivity index (χ4v) is 2.17. The van der Waals surface area contributed by atoms with Crippen LogP contribution >= 0.6 is 11.6 Å². The molecule has 1 aromatic heterocycles. The molecule has 0 aromatic carbocycles. The number of aromatic nitrogens is 3. The molecule has 0 saturated carbocycles. The third-order valence-electron chi connectivity index (χ3n) is 3.06. The molecule has 1 unspecified atom stereocenters. The molecule has 1 fully saturated rings. The molecule has 1 aliphatic heterocycles. The summed E-state index contributed by atoms with van der Waals surface area (Å²) < 4.78 is 5.36. The lowest BCUT2D eigenvalue weighted by atomic mass is 10.2. The van der Waals surface area contributed by atoms with Crippen molar-refractivity contribution in [1.29, 1.82) is 0 Å². The number of ether oxygens (including phenoxy) is 1. The predicted molar refractivity (Wildman–Crippen MR) is 79.6 cm³/mol. The zero-order valence-corrected chi connectivity index (χ0v) is 12.9. The molecule has 0 radical (unpaired) electrons. The van der Waals surface area contributed by atoms with Crippen LogP contribution in [0.4, 0.5) is 11.9 Å². The Labute approximate surface area is 128 Å². The smallest absolute Gasteiger partial charge is 0.244 e. The van der Waals surface area contributed by atoms with E-state index < -0.39 is 6.04 Å². The monoisotopic (exact) mass is 314 g/mol. The summed E-state index contributed by atoms with van der Waals surface area (Å²) in [5.74, 6) is 0.647. The van der Waals surface area contributed by atoms with Gasteiger partial charge in [-0.2, -0.15) is 15.0 Å². The van der Waals surface area contributed by atoms with Gasteiger partial charge in [-0.25, -0.2) is 0 Å². The highest BCUT2D eigenvalue weighted by Crippen LogP contribution is 2.18. The molecule has 1 amide bonds. The van der Waals surface area contributed by atoms with Crippen molar-refractivity contribution in [2.75, 3.05) is 43.6 Å². The van der Waals surface area contributed by atoms with Gasteiger partial charge in [0.1, 0.15) is 6.04 Å². The molecule has 9 heteroatoms. The van der Waals surface area contributed by atoms with Gasteiger partial charge in [0.25, 0.3) is 0 Å². The largest absolute Gasteiger partial charge is 0.377 e. The number of likely N-dealkylation sites (N-methyl/N-ethyl adjacent to an activating group) is 1. The first kappa shape index (κ1) is 15.7. The lowest BCUT2D eigenvalue weighted by molar-refractivity contribution is -0.124. The Morgan fingerprint density at radius 2 is 2.29 bits per heavy atom. The molecule has 2 rings (SSSR count). The second-order valence-corrected chi connectivity index (χ2v) is 4.89. The lowest BCUT2D eigenvalue weighted by Gasteiger charge is -2.34. The number of carbonyl (C=O) groups is 1. The van der Waals surface area contributed by atoms with Crippen LogP contribution in [0.25, 0.3) is 0 Å². The van der Waals surface area contributed by atoms with Crippen molar-refractivity contribution in [2.24, 2.45) is 0 Å². The molecule has 21 heavy (non-hydrogen) atoms. The number of halogens is 1. The molecule has 1 saturated heterocycles. The summed E-state index contributed by atoms with van der Waals surface area (Å²) in [6.07, 6.45) is 0.942. The second kappa shape index (κ2) is 7.37. The number of nitrogens with zero attached hydrogens (tertiary/aromatic N) is 4. The number of carbonyl (C=O) groups excluding carboxylic acids is 1. The molecule has 116 valence electrons. The minimum atomic E-state index is -0.471. The maximum Gasteiger partial charge on any atom is 0.244 e. The Morgan fingerprint density at radius 3 is 3.00 bits per heavy atom. The highest BCUT2D eigenvalue weighted by Gasteiger charge is 2.31. The lowest BCUT2D eigenvalue weighted by Crippen LogP contribution is -2.54. The molecule has 1 atom stereocenters. The first-order valence-electron chi connectivity index (χ1n) is 6.87. The number of rotatable bonds is 5. The molecule has 1 aromatic rings. The van der Waals surface area contributed by atoms with Crippen molar-refractivity contribution < 1.29 is 9.53 Å². The minimum Gasteiger partial charge on any atom is -0.377 e. The van der Waals surface area contributed by atoms with Crippen LogP contribution in [0.1, 0.15) is 13.3 Å². The van der Waals surface area contributed by atoms with E-state index in [9.17, 15) is 4.79 Å². The van der Waals surface area contributed by atoms with Crippen molar-refractivity contribution in [1.82, 2.24) is 20.3 Å². The van der Waals surface area contributed by atoms with Gasteiger partial charge in [-0.15, -0.1) is 0 Å². The number of anilines is 2. The number of nitrogens with one attached hydrogen (secondary N) is 2. The van der Waals surface area contributed by atoms with E-state index >= 15 is 0 Å². The normalized spacial score (nSPS) is 18.4. The molecule has 0 aliphatic carbocycles. The van der Waals surface area contributed by atoms with Gasteiger partial charge in [0, 0.05) is 20.1 Å². The highest BCUT2D eigenvalue weighted by atomic mass is 35.5. The summed E-state index contributed by atoms with van der Waals surface area (Å²) in [5, 5.41) is 5.78. The van der Waals surface area contributed by atoms with Crippen LogP contribution in [-0.2, 0) is 9.53 Å². The fourth-order valence-electron chi connectivity index (χ4n) is 2.01. The van der Waals surface area contributed by atoms with Crippen LogP contribution in [0.3, 0.4) is 0 Å². The molecule has 2 heterocycles. The zero-order chi connectivity index (χ0) is 15.2. The van der Waals surface area contributed by atoms with E-state index in [2.05, 4.69) is 25.6 Å². The van der Waals surface area contributed by atoms with Gasteiger partial charge in [-0.1, -0.05) is 6.92 Å². The van der Waals surface area contributed by atoms with Crippen LogP contribution in [0, 0.1) is 0 Å². The Balaban J connectivity index is 2.25.